The molecule has 1 atom stereocenters. The Balaban J connectivity index is 1.25. The Morgan fingerprint density at radius 2 is 1.74 bits per heavy atom. The molecule has 39 heavy (non-hydrogen) atoms. The molecule has 2 heterocycles. The maximum Gasteiger partial charge on any atom is 0.323 e. The van der Waals surface area contributed by atoms with Crippen molar-refractivity contribution in [1.29, 1.82) is 0 Å². The first-order chi connectivity index (χ1) is 18.9. The zero-order valence-corrected chi connectivity index (χ0v) is 22.2. The van der Waals surface area contributed by atoms with Crippen LogP contribution >= 0.6 is 12.0 Å². The first-order valence-electron chi connectivity index (χ1n) is 12.6. The van der Waals surface area contributed by atoms with Gasteiger partial charge in [0.05, 0.1) is 16.8 Å². The van der Waals surface area contributed by atoms with E-state index in [2.05, 4.69) is 32.7 Å². The van der Waals surface area contributed by atoms with Crippen LogP contribution in [0.5, 0.6) is 0 Å². The summed E-state index contributed by atoms with van der Waals surface area (Å²) in [4.78, 5) is 46.8. The molecule has 1 aliphatic heterocycles. The van der Waals surface area contributed by atoms with E-state index in [1.54, 1.807) is 47.4 Å². The standard InChI is InChI=1S/C29H29N5O4S/c1-19-17-33(18-20-6-3-2-4-7-20)14-15-34(19)28(36)27(35)24-16-30-26-23(24)8-5-9-25(26)32-29(37)31-21-10-12-22(39-38)13-11-21/h2-13,16,19,30,38H,14-15,17-18H2,1H3,(H2,31,32,37). The van der Waals surface area contributed by atoms with E-state index in [1.807, 2.05) is 25.1 Å². The number of carbonyl (C=O) groups is 3. The number of para-hydroxylation sites is 1. The van der Waals surface area contributed by atoms with Crippen LogP contribution in [0.2, 0.25) is 0 Å². The molecule has 1 aromatic heterocycles. The minimum Gasteiger partial charge on any atom is -0.359 e. The van der Waals surface area contributed by atoms with Gasteiger partial charge in [0.2, 0.25) is 0 Å². The van der Waals surface area contributed by atoms with Gasteiger partial charge < -0.3 is 25.1 Å². The van der Waals surface area contributed by atoms with Gasteiger partial charge in [0.15, 0.2) is 0 Å². The molecule has 200 valence electrons. The molecule has 4 N–H and O–H groups in total. The summed E-state index contributed by atoms with van der Waals surface area (Å²) >= 11 is 0.627. The quantitative estimate of drug-likeness (QED) is 0.143. The van der Waals surface area contributed by atoms with Crippen LogP contribution in [0, 0.1) is 0 Å². The smallest absolute Gasteiger partial charge is 0.323 e. The molecule has 0 aliphatic carbocycles. The number of rotatable bonds is 7. The number of nitrogens with zero attached hydrogens (tertiary/aromatic N) is 2. The number of amides is 3. The number of fused-ring (bicyclic) bond motifs is 1. The number of urea groups is 1. The van der Waals surface area contributed by atoms with Crippen LogP contribution < -0.4 is 10.6 Å². The fourth-order valence-electron chi connectivity index (χ4n) is 4.90. The number of hydrogen-bond donors (Lipinski definition) is 4. The largest absolute Gasteiger partial charge is 0.359 e. The van der Waals surface area contributed by atoms with E-state index < -0.39 is 17.7 Å². The van der Waals surface area contributed by atoms with Gasteiger partial charge in [-0.25, -0.2) is 4.79 Å². The van der Waals surface area contributed by atoms with E-state index in [9.17, 15) is 14.4 Å². The molecule has 0 spiro atoms. The fourth-order valence-corrected chi connectivity index (χ4v) is 5.15. The Kier molecular flexibility index (Phi) is 7.97. The van der Waals surface area contributed by atoms with Crippen molar-refractivity contribution in [2.24, 2.45) is 0 Å². The van der Waals surface area contributed by atoms with Gasteiger partial charge in [0.1, 0.15) is 0 Å². The van der Waals surface area contributed by atoms with Crippen LogP contribution in [0.1, 0.15) is 22.8 Å². The summed E-state index contributed by atoms with van der Waals surface area (Å²) in [6.07, 6.45) is 1.52. The van der Waals surface area contributed by atoms with Gasteiger partial charge in [0.25, 0.3) is 11.7 Å². The lowest BCUT2D eigenvalue weighted by molar-refractivity contribution is -0.130. The highest BCUT2D eigenvalue weighted by molar-refractivity contribution is 7.93. The maximum atomic E-state index is 13.3. The van der Waals surface area contributed by atoms with Gasteiger partial charge >= 0.3 is 6.03 Å². The minimum atomic E-state index is -0.576. The fraction of sp³-hybridized carbons (Fsp3) is 0.207. The third-order valence-electron chi connectivity index (χ3n) is 6.84. The van der Waals surface area contributed by atoms with E-state index in [1.165, 1.54) is 11.8 Å². The van der Waals surface area contributed by atoms with Gasteiger partial charge in [-0.1, -0.05) is 42.5 Å². The Hall–Kier alpha value is -4.12. The van der Waals surface area contributed by atoms with Gasteiger partial charge in [-0.2, -0.15) is 0 Å². The van der Waals surface area contributed by atoms with Crippen LogP contribution in [0.4, 0.5) is 16.2 Å². The number of hydrogen-bond acceptors (Lipinski definition) is 6. The number of anilines is 2. The van der Waals surface area contributed by atoms with Crippen molar-refractivity contribution in [2.45, 2.75) is 24.4 Å². The average Bonchev–Trinajstić information content (AvgIpc) is 3.38. The summed E-state index contributed by atoms with van der Waals surface area (Å²) < 4.78 is 9.09. The summed E-state index contributed by atoms with van der Waals surface area (Å²) in [6, 6.07) is 21.6. The van der Waals surface area contributed by atoms with Crippen LogP contribution in [0.15, 0.2) is 83.9 Å². The number of H-pyrrole nitrogens is 1. The summed E-state index contributed by atoms with van der Waals surface area (Å²) in [5, 5.41) is 6.09. The number of benzene rings is 3. The summed E-state index contributed by atoms with van der Waals surface area (Å²) in [5.41, 5.74) is 3.08. The van der Waals surface area contributed by atoms with Gasteiger partial charge in [-0.3, -0.25) is 14.5 Å². The average molecular weight is 544 g/mol. The molecule has 3 amide bonds. The minimum absolute atomic E-state index is 0.102. The van der Waals surface area contributed by atoms with Crippen molar-refractivity contribution in [3.8, 4) is 0 Å². The number of piperazine rings is 1. The van der Waals surface area contributed by atoms with Crippen molar-refractivity contribution in [1.82, 2.24) is 14.8 Å². The SMILES string of the molecule is CC1CN(Cc2ccccc2)CCN1C(=O)C(=O)c1c[nH]c2c(NC(=O)Nc3ccc(SO)cc3)cccc12. The molecule has 9 nitrogen and oxygen atoms in total. The molecule has 1 unspecified atom stereocenters. The zero-order valence-electron chi connectivity index (χ0n) is 21.4. The third kappa shape index (κ3) is 5.98. The second-order valence-corrected chi connectivity index (χ2v) is 10.2. The summed E-state index contributed by atoms with van der Waals surface area (Å²) in [5.74, 6) is -1.10. The molecule has 5 rings (SSSR count). The number of Topliss-reactive ketones (excluding diaryl/α,β-unsaturated/α-hetero) is 1. The summed E-state index contributed by atoms with van der Waals surface area (Å²) in [7, 11) is 0. The van der Waals surface area contributed by atoms with Gasteiger partial charge in [-0.15, -0.1) is 0 Å². The van der Waals surface area contributed by atoms with Crippen LogP contribution in [0.3, 0.4) is 0 Å². The van der Waals surface area contributed by atoms with Crippen molar-refractivity contribution >= 4 is 52.0 Å². The van der Waals surface area contributed by atoms with Gasteiger partial charge in [-0.05, 0) is 42.8 Å². The maximum absolute atomic E-state index is 13.3. The molecule has 0 radical (unpaired) electrons. The molecule has 1 saturated heterocycles. The number of carbonyl (C=O) groups excluding carboxylic acids is 3. The van der Waals surface area contributed by atoms with Crippen LogP contribution in [0.25, 0.3) is 10.9 Å². The Labute approximate surface area is 230 Å². The normalized spacial score (nSPS) is 15.7. The van der Waals surface area contributed by atoms with Crippen molar-refractivity contribution in [3.63, 3.8) is 0 Å². The Bertz CT molecular complexity index is 1490. The van der Waals surface area contributed by atoms with E-state index in [0.717, 1.165) is 6.54 Å². The van der Waals surface area contributed by atoms with E-state index >= 15 is 0 Å². The van der Waals surface area contributed by atoms with E-state index in [-0.39, 0.29) is 11.6 Å². The predicted molar refractivity (Wildman–Crippen MR) is 153 cm³/mol. The molecule has 4 aromatic rings. The third-order valence-corrected chi connectivity index (χ3v) is 7.32. The molecule has 0 saturated carbocycles. The molecular weight excluding hydrogens is 514 g/mol. The van der Waals surface area contributed by atoms with Crippen LogP contribution in [-0.2, 0) is 11.3 Å². The lowest BCUT2D eigenvalue weighted by atomic mass is 10.1. The van der Waals surface area contributed by atoms with E-state index in [0.29, 0.717) is 58.9 Å². The Morgan fingerprint density at radius 1 is 0.974 bits per heavy atom. The number of aromatic nitrogens is 1. The Morgan fingerprint density at radius 3 is 2.46 bits per heavy atom. The van der Waals surface area contributed by atoms with Crippen molar-refractivity contribution < 1.29 is 18.9 Å². The van der Waals surface area contributed by atoms with E-state index in [4.69, 9.17) is 4.55 Å². The number of aromatic amines is 1. The molecule has 10 heteroatoms. The molecular formula is C29H29N5O4S. The molecule has 0 bridgehead atoms. The molecule has 1 aliphatic rings. The lowest BCUT2D eigenvalue weighted by Crippen LogP contribution is -2.55. The summed E-state index contributed by atoms with van der Waals surface area (Å²) in [6.45, 7) is 4.63. The topological polar surface area (TPSA) is 118 Å². The highest BCUT2D eigenvalue weighted by atomic mass is 32.2. The number of nitrogens with one attached hydrogen (secondary N) is 3. The van der Waals surface area contributed by atoms with Crippen LogP contribution in [-0.4, -0.2) is 62.7 Å². The second-order valence-electron chi connectivity index (χ2n) is 9.52. The molecule has 1 fully saturated rings. The lowest BCUT2D eigenvalue weighted by Gasteiger charge is -2.39. The first-order valence-corrected chi connectivity index (χ1v) is 13.4. The predicted octanol–water partition coefficient (Wildman–Crippen LogP) is 5.29. The molecule has 3 aromatic carbocycles. The van der Waals surface area contributed by atoms with Crippen molar-refractivity contribution in [3.05, 3.63) is 90.1 Å². The number of ketones is 1. The van der Waals surface area contributed by atoms with Crippen molar-refractivity contribution in [2.75, 3.05) is 30.3 Å². The first kappa shape index (κ1) is 26.5. The highest BCUT2D eigenvalue weighted by Crippen LogP contribution is 2.27. The highest BCUT2D eigenvalue weighted by Gasteiger charge is 2.32. The monoisotopic (exact) mass is 543 g/mol. The van der Waals surface area contributed by atoms with Gasteiger partial charge in [0, 0.05) is 66.4 Å². The second kappa shape index (κ2) is 11.7. The zero-order chi connectivity index (χ0) is 27.4.